The molecule has 1 aliphatic heterocycles. The lowest BCUT2D eigenvalue weighted by Gasteiger charge is -2.34. The summed E-state index contributed by atoms with van der Waals surface area (Å²) in [7, 11) is 1.26. The van der Waals surface area contributed by atoms with Crippen LogP contribution < -0.4 is 5.32 Å². The van der Waals surface area contributed by atoms with Crippen LogP contribution in [0.25, 0.3) is 0 Å². The van der Waals surface area contributed by atoms with Gasteiger partial charge in [-0.3, -0.25) is 14.4 Å². The molecule has 0 aliphatic carbocycles. The van der Waals surface area contributed by atoms with Gasteiger partial charge in [-0.1, -0.05) is 6.07 Å². The zero-order valence-electron chi connectivity index (χ0n) is 10.4. The highest BCUT2D eigenvalue weighted by Crippen LogP contribution is 2.17. The van der Waals surface area contributed by atoms with Gasteiger partial charge in [0.1, 0.15) is 6.04 Å². The molecule has 0 aromatic carbocycles. The summed E-state index contributed by atoms with van der Waals surface area (Å²) in [4.78, 5) is 37.4. The number of carbonyl (C=O) groups is 3. The molecule has 102 valence electrons. The van der Waals surface area contributed by atoms with Crippen LogP contribution in [-0.4, -0.2) is 48.9 Å². The summed E-state index contributed by atoms with van der Waals surface area (Å²) < 4.78 is 4.57. The maximum atomic E-state index is 12.3. The largest absolute Gasteiger partial charge is 0.469 e. The molecule has 1 aromatic rings. The van der Waals surface area contributed by atoms with E-state index in [1.54, 1.807) is 17.5 Å². The monoisotopic (exact) mass is 282 g/mol. The van der Waals surface area contributed by atoms with E-state index >= 15 is 0 Å². The predicted octanol–water partition coefficient (Wildman–Crippen LogP) is 0.252. The summed E-state index contributed by atoms with van der Waals surface area (Å²) in [5.41, 5.74) is 0. The SMILES string of the molecule is COC(=O)C[C@H]1C(=O)NCCN1C(=O)c1cccs1. The number of carbonyl (C=O) groups excluding carboxylic acids is 3. The average molecular weight is 282 g/mol. The van der Waals surface area contributed by atoms with E-state index in [2.05, 4.69) is 10.1 Å². The number of rotatable bonds is 3. The number of piperazine rings is 1. The van der Waals surface area contributed by atoms with Crippen LogP contribution in [0.4, 0.5) is 0 Å². The van der Waals surface area contributed by atoms with Crippen molar-refractivity contribution in [1.29, 1.82) is 0 Å². The second-order valence-electron chi connectivity index (χ2n) is 4.06. The van der Waals surface area contributed by atoms with E-state index in [0.29, 0.717) is 18.0 Å². The summed E-state index contributed by atoms with van der Waals surface area (Å²) in [6.07, 6.45) is -0.126. The van der Waals surface area contributed by atoms with Gasteiger partial charge in [-0.2, -0.15) is 0 Å². The standard InChI is InChI=1S/C12H14N2O4S/c1-18-10(15)7-8-11(16)13-4-5-14(8)12(17)9-3-2-6-19-9/h2-3,6,8H,4-5,7H2,1H3,(H,13,16)/t8-/m0/s1. The summed E-state index contributed by atoms with van der Waals surface area (Å²) in [5, 5.41) is 4.45. The van der Waals surface area contributed by atoms with E-state index in [9.17, 15) is 14.4 Å². The zero-order valence-corrected chi connectivity index (χ0v) is 11.2. The molecular weight excluding hydrogens is 268 g/mol. The molecule has 1 aliphatic rings. The van der Waals surface area contributed by atoms with Gasteiger partial charge in [-0.05, 0) is 11.4 Å². The first-order valence-corrected chi connectivity index (χ1v) is 6.70. The quantitative estimate of drug-likeness (QED) is 0.806. The Kier molecular flexibility index (Phi) is 4.16. The molecule has 0 spiro atoms. The van der Waals surface area contributed by atoms with Crippen molar-refractivity contribution in [2.75, 3.05) is 20.2 Å². The normalized spacial score (nSPS) is 18.9. The van der Waals surface area contributed by atoms with E-state index < -0.39 is 12.0 Å². The molecule has 19 heavy (non-hydrogen) atoms. The van der Waals surface area contributed by atoms with Crippen LogP contribution >= 0.6 is 11.3 Å². The van der Waals surface area contributed by atoms with Gasteiger partial charge in [-0.15, -0.1) is 11.3 Å². The minimum absolute atomic E-state index is 0.126. The molecule has 0 bridgehead atoms. The van der Waals surface area contributed by atoms with Crippen molar-refractivity contribution >= 4 is 29.1 Å². The highest BCUT2D eigenvalue weighted by Gasteiger charge is 2.35. The summed E-state index contributed by atoms with van der Waals surface area (Å²) in [6.45, 7) is 0.789. The summed E-state index contributed by atoms with van der Waals surface area (Å²) in [5.74, 6) is -1.05. The van der Waals surface area contributed by atoms with E-state index in [4.69, 9.17) is 0 Å². The number of esters is 1. The predicted molar refractivity (Wildman–Crippen MR) is 68.8 cm³/mol. The van der Waals surface area contributed by atoms with Crippen molar-refractivity contribution in [3.63, 3.8) is 0 Å². The van der Waals surface area contributed by atoms with E-state index in [1.807, 2.05) is 0 Å². The third kappa shape index (κ3) is 2.93. The molecule has 0 unspecified atom stereocenters. The van der Waals surface area contributed by atoms with Crippen LogP contribution in [0.1, 0.15) is 16.1 Å². The molecule has 1 saturated heterocycles. The number of hydrogen-bond donors (Lipinski definition) is 1. The lowest BCUT2D eigenvalue weighted by molar-refractivity contribution is -0.145. The van der Waals surface area contributed by atoms with Crippen molar-refractivity contribution in [2.45, 2.75) is 12.5 Å². The first-order valence-electron chi connectivity index (χ1n) is 5.82. The Bertz CT molecular complexity index is 486. The molecular formula is C12H14N2O4S. The molecule has 6 nitrogen and oxygen atoms in total. The summed E-state index contributed by atoms with van der Waals surface area (Å²) >= 11 is 1.31. The van der Waals surface area contributed by atoms with Crippen molar-refractivity contribution in [2.24, 2.45) is 0 Å². The van der Waals surface area contributed by atoms with Crippen molar-refractivity contribution in [1.82, 2.24) is 10.2 Å². The van der Waals surface area contributed by atoms with E-state index in [-0.39, 0.29) is 18.2 Å². The van der Waals surface area contributed by atoms with Gasteiger partial charge in [0.25, 0.3) is 5.91 Å². The van der Waals surface area contributed by atoms with E-state index in [0.717, 1.165) is 0 Å². The third-order valence-electron chi connectivity index (χ3n) is 2.91. The third-order valence-corrected chi connectivity index (χ3v) is 3.77. The topological polar surface area (TPSA) is 75.7 Å². The minimum Gasteiger partial charge on any atom is -0.469 e. The number of hydrogen-bond acceptors (Lipinski definition) is 5. The Morgan fingerprint density at radius 1 is 1.58 bits per heavy atom. The van der Waals surface area contributed by atoms with Crippen LogP contribution in [0.15, 0.2) is 17.5 Å². The fourth-order valence-corrected chi connectivity index (χ4v) is 2.62. The minimum atomic E-state index is -0.796. The van der Waals surface area contributed by atoms with Gasteiger partial charge >= 0.3 is 5.97 Å². The Hall–Kier alpha value is -1.89. The molecule has 2 rings (SSSR count). The molecule has 7 heteroatoms. The van der Waals surface area contributed by atoms with Crippen LogP contribution in [0, 0.1) is 0 Å². The number of ether oxygens (including phenoxy) is 1. The molecule has 1 atom stereocenters. The van der Waals surface area contributed by atoms with Gasteiger partial charge in [0.05, 0.1) is 18.4 Å². The van der Waals surface area contributed by atoms with Crippen LogP contribution in [0.5, 0.6) is 0 Å². The first kappa shape index (κ1) is 13.5. The lowest BCUT2D eigenvalue weighted by atomic mass is 10.1. The van der Waals surface area contributed by atoms with Crippen molar-refractivity contribution < 1.29 is 19.1 Å². The molecule has 1 fully saturated rings. The number of nitrogens with zero attached hydrogens (tertiary/aromatic N) is 1. The number of nitrogens with one attached hydrogen (secondary N) is 1. The molecule has 1 N–H and O–H groups in total. The number of amides is 2. The van der Waals surface area contributed by atoms with Gasteiger partial charge in [-0.25, -0.2) is 0 Å². The fourth-order valence-electron chi connectivity index (χ4n) is 1.94. The van der Waals surface area contributed by atoms with Crippen molar-refractivity contribution in [3.05, 3.63) is 22.4 Å². The van der Waals surface area contributed by atoms with Gasteiger partial charge in [0.15, 0.2) is 0 Å². The second-order valence-corrected chi connectivity index (χ2v) is 5.01. The van der Waals surface area contributed by atoms with Crippen LogP contribution in [0.2, 0.25) is 0 Å². The molecule has 0 radical (unpaired) electrons. The molecule has 1 aromatic heterocycles. The maximum Gasteiger partial charge on any atom is 0.308 e. The average Bonchev–Trinajstić information content (AvgIpc) is 2.94. The maximum absolute atomic E-state index is 12.3. The lowest BCUT2D eigenvalue weighted by Crippen LogP contribution is -2.57. The summed E-state index contributed by atoms with van der Waals surface area (Å²) in [6, 6.07) is 2.68. The number of thiophene rings is 1. The molecule has 2 heterocycles. The first-order chi connectivity index (χ1) is 9.13. The molecule has 0 saturated carbocycles. The van der Waals surface area contributed by atoms with Crippen LogP contribution in [0.3, 0.4) is 0 Å². The highest BCUT2D eigenvalue weighted by atomic mass is 32.1. The van der Waals surface area contributed by atoms with Crippen LogP contribution in [-0.2, 0) is 14.3 Å². The van der Waals surface area contributed by atoms with Gasteiger partial charge in [0.2, 0.25) is 5.91 Å². The van der Waals surface area contributed by atoms with Gasteiger partial charge < -0.3 is 15.0 Å². The Morgan fingerprint density at radius 3 is 3.00 bits per heavy atom. The molecule has 2 amide bonds. The smallest absolute Gasteiger partial charge is 0.308 e. The number of methoxy groups -OCH3 is 1. The van der Waals surface area contributed by atoms with E-state index in [1.165, 1.54) is 23.3 Å². The Labute approximate surface area is 114 Å². The van der Waals surface area contributed by atoms with Crippen molar-refractivity contribution in [3.8, 4) is 0 Å². The highest BCUT2D eigenvalue weighted by molar-refractivity contribution is 7.12. The fraction of sp³-hybridized carbons (Fsp3) is 0.417. The second kappa shape index (κ2) is 5.83. The Morgan fingerprint density at radius 2 is 2.37 bits per heavy atom. The zero-order chi connectivity index (χ0) is 13.8. The van der Waals surface area contributed by atoms with Gasteiger partial charge in [0, 0.05) is 13.1 Å². The Balaban J connectivity index is 2.17.